The zero-order valence-corrected chi connectivity index (χ0v) is 13.2. The fourth-order valence-electron chi connectivity index (χ4n) is 2.33. The van der Waals surface area contributed by atoms with Crippen molar-refractivity contribution in [2.75, 3.05) is 13.7 Å². The van der Waals surface area contributed by atoms with Crippen LogP contribution in [0, 0.1) is 0 Å². The fourth-order valence-corrected chi connectivity index (χ4v) is 2.33. The highest BCUT2D eigenvalue weighted by Gasteiger charge is 2.26. The molecule has 1 heterocycles. The molecular weight excluding hydrogens is 310 g/mol. The Hall–Kier alpha value is -3.02. The van der Waals surface area contributed by atoms with E-state index in [-0.39, 0.29) is 12.5 Å². The van der Waals surface area contributed by atoms with Gasteiger partial charge in [0.15, 0.2) is 11.5 Å². The predicted molar refractivity (Wildman–Crippen MR) is 86.0 cm³/mol. The predicted octanol–water partition coefficient (Wildman–Crippen LogP) is 1.93. The minimum Gasteiger partial charge on any atom is -0.485 e. The Kier molecular flexibility index (Phi) is 4.65. The number of fused-ring (bicyclic) bond motifs is 1. The summed E-state index contributed by atoms with van der Waals surface area (Å²) >= 11 is 0. The van der Waals surface area contributed by atoms with E-state index in [2.05, 4.69) is 10.1 Å². The van der Waals surface area contributed by atoms with Gasteiger partial charge in [0.2, 0.25) is 6.10 Å². The molecule has 24 heavy (non-hydrogen) atoms. The first-order valence-corrected chi connectivity index (χ1v) is 7.51. The molecule has 6 heteroatoms. The summed E-state index contributed by atoms with van der Waals surface area (Å²) < 4.78 is 15.8. The molecule has 1 unspecified atom stereocenters. The van der Waals surface area contributed by atoms with Crippen LogP contribution in [0.3, 0.4) is 0 Å². The maximum Gasteiger partial charge on any atom is 0.337 e. The van der Waals surface area contributed by atoms with Crippen molar-refractivity contribution in [3.05, 3.63) is 59.7 Å². The lowest BCUT2D eigenvalue weighted by atomic mass is 10.1. The number of esters is 1. The van der Waals surface area contributed by atoms with E-state index in [1.54, 1.807) is 36.4 Å². The molecule has 0 aromatic heterocycles. The molecule has 3 rings (SSSR count). The van der Waals surface area contributed by atoms with E-state index >= 15 is 0 Å². The van der Waals surface area contributed by atoms with E-state index in [0.29, 0.717) is 23.6 Å². The third-order valence-corrected chi connectivity index (χ3v) is 3.64. The first-order valence-electron chi connectivity index (χ1n) is 7.51. The van der Waals surface area contributed by atoms with E-state index in [9.17, 15) is 9.59 Å². The lowest BCUT2D eigenvalue weighted by Crippen LogP contribution is -2.43. The van der Waals surface area contributed by atoms with Gasteiger partial charge in [-0.1, -0.05) is 24.3 Å². The number of nitrogens with one attached hydrogen (secondary N) is 1. The summed E-state index contributed by atoms with van der Waals surface area (Å²) in [7, 11) is 1.33. The average Bonchev–Trinajstić information content (AvgIpc) is 2.65. The molecule has 0 spiro atoms. The molecule has 0 saturated carbocycles. The number of methoxy groups -OCH3 is 1. The Balaban J connectivity index is 1.55. The molecule has 0 radical (unpaired) electrons. The van der Waals surface area contributed by atoms with Gasteiger partial charge < -0.3 is 19.5 Å². The van der Waals surface area contributed by atoms with Crippen LogP contribution >= 0.6 is 0 Å². The number of para-hydroxylation sites is 2. The Morgan fingerprint density at radius 3 is 2.54 bits per heavy atom. The highest BCUT2D eigenvalue weighted by atomic mass is 16.6. The van der Waals surface area contributed by atoms with Crippen LogP contribution in [0.25, 0.3) is 0 Å². The minimum atomic E-state index is -0.686. The van der Waals surface area contributed by atoms with Crippen LogP contribution < -0.4 is 14.8 Å². The second-order valence-corrected chi connectivity index (χ2v) is 5.27. The van der Waals surface area contributed by atoms with Gasteiger partial charge in [0, 0.05) is 6.54 Å². The number of amides is 1. The van der Waals surface area contributed by atoms with E-state index < -0.39 is 12.1 Å². The number of ether oxygens (including phenoxy) is 3. The van der Waals surface area contributed by atoms with Gasteiger partial charge in [-0.2, -0.15) is 0 Å². The van der Waals surface area contributed by atoms with Gasteiger partial charge in [-0.3, -0.25) is 4.79 Å². The number of carbonyl (C=O) groups is 2. The van der Waals surface area contributed by atoms with Gasteiger partial charge in [0.25, 0.3) is 5.91 Å². The molecule has 0 bridgehead atoms. The van der Waals surface area contributed by atoms with Gasteiger partial charge in [-0.15, -0.1) is 0 Å². The standard InChI is InChI=1S/C18H17NO5/c1-22-18(21)13-8-6-12(7-9-13)10-19-17(20)16-11-23-14-4-2-3-5-15(14)24-16/h2-9,16H,10-11H2,1H3,(H,19,20). The van der Waals surface area contributed by atoms with Crippen LogP contribution in [0.4, 0.5) is 0 Å². The van der Waals surface area contributed by atoms with Crippen LogP contribution in [0.15, 0.2) is 48.5 Å². The van der Waals surface area contributed by atoms with Gasteiger partial charge >= 0.3 is 5.97 Å². The molecule has 1 aliphatic heterocycles. The van der Waals surface area contributed by atoms with Crippen LogP contribution in [-0.4, -0.2) is 31.7 Å². The highest BCUT2D eigenvalue weighted by Crippen LogP contribution is 2.30. The van der Waals surface area contributed by atoms with Crippen molar-refractivity contribution in [1.29, 1.82) is 0 Å². The lowest BCUT2D eigenvalue weighted by molar-refractivity contribution is -0.130. The molecule has 0 saturated heterocycles. The van der Waals surface area contributed by atoms with Gasteiger partial charge in [0.1, 0.15) is 6.61 Å². The number of benzene rings is 2. The van der Waals surface area contributed by atoms with Crippen LogP contribution in [0.2, 0.25) is 0 Å². The Labute approximate surface area is 139 Å². The Bertz CT molecular complexity index is 741. The molecular formula is C18H17NO5. The molecule has 1 amide bonds. The molecule has 124 valence electrons. The summed E-state index contributed by atoms with van der Waals surface area (Å²) in [5.41, 5.74) is 1.33. The first-order chi connectivity index (χ1) is 11.7. The number of hydrogen-bond donors (Lipinski definition) is 1. The highest BCUT2D eigenvalue weighted by molar-refractivity contribution is 5.89. The first kappa shape index (κ1) is 15.9. The number of rotatable bonds is 4. The van der Waals surface area contributed by atoms with E-state index in [4.69, 9.17) is 9.47 Å². The zero-order valence-electron chi connectivity index (χ0n) is 13.2. The minimum absolute atomic E-state index is 0.171. The lowest BCUT2D eigenvalue weighted by Gasteiger charge is -2.25. The molecule has 1 atom stereocenters. The van der Waals surface area contributed by atoms with Gasteiger partial charge in [-0.05, 0) is 29.8 Å². The Morgan fingerprint density at radius 1 is 1.12 bits per heavy atom. The fraction of sp³-hybridized carbons (Fsp3) is 0.222. The average molecular weight is 327 g/mol. The smallest absolute Gasteiger partial charge is 0.337 e. The molecule has 6 nitrogen and oxygen atoms in total. The monoisotopic (exact) mass is 327 g/mol. The van der Waals surface area contributed by atoms with Crippen LogP contribution in [0.1, 0.15) is 15.9 Å². The number of carbonyl (C=O) groups excluding carboxylic acids is 2. The van der Waals surface area contributed by atoms with Crippen molar-refractivity contribution in [2.45, 2.75) is 12.6 Å². The second-order valence-electron chi connectivity index (χ2n) is 5.27. The molecule has 2 aromatic carbocycles. The summed E-state index contributed by atoms with van der Waals surface area (Å²) in [5.74, 6) is 0.560. The normalized spacial score (nSPS) is 15.5. The largest absolute Gasteiger partial charge is 0.485 e. The SMILES string of the molecule is COC(=O)c1ccc(CNC(=O)C2COc3ccccc3O2)cc1. The second kappa shape index (κ2) is 7.04. The third kappa shape index (κ3) is 3.48. The molecule has 2 aromatic rings. The topological polar surface area (TPSA) is 73.9 Å². The van der Waals surface area contributed by atoms with Crippen molar-refractivity contribution in [3.8, 4) is 11.5 Å². The van der Waals surface area contributed by atoms with Gasteiger partial charge in [-0.25, -0.2) is 4.79 Å². The van der Waals surface area contributed by atoms with Crippen molar-refractivity contribution in [1.82, 2.24) is 5.32 Å². The zero-order chi connectivity index (χ0) is 16.9. The van der Waals surface area contributed by atoms with Gasteiger partial charge in [0.05, 0.1) is 12.7 Å². The molecule has 0 fully saturated rings. The molecule has 1 N–H and O–H groups in total. The maximum absolute atomic E-state index is 12.2. The summed E-state index contributed by atoms with van der Waals surface area (Å²) in [6, 6.07) is 14.1. The van der Waals surface area contributed by atoms with Crippen molar-refractivity contribution in [2.24, 2.45) is 0 Å². The summed E-state index contributed by atoms with van der Waals surface area (Å²) in [6.07, 6.45) is -0.686. The molecule has 1 aliphatic rings. The maximum atomic E-state index is 12.2. The third-order valence-electron chi connectivity index (χ3n) is 3.64. The summed E-state index contributed by atoms with van der Waals surface area (Å²) in [5, 5.41) is 2.80. The summed E-state index contributed by atoms with van der Waals surface area (Å²) in [4.78, 5) is 23.6. The van der Waals surface area contributed by atoms with E-state index in [0.717, 1.165) is 5.56 Å². The van der Waals surface area contributed by atoms with E-state index in [1.165, 1.54) is 7.11 Å². The molecule has 0 aliphatic carbocycles. The van der Waals surface area contributed by atoms with Crippen LogP contribution in [-0.2, 0) is 16.1 Å². The van der Waals surface area contributed by atoms with Crippen molar-refractivity contribution < 1.29 is 23.8 Å². The number of hydrogen-bond acceptors (Lipinski definition) is 5. The van der Waals surface area contributed by atoms with E-state index in [1.807, 2.05) is 12.1 Å². The Morgan fingerprint density at radius 2 is 1.83 bits per heavy atom. The van der Waals surface area contributed by atoms with Crippen LogP contribution in [0.5, 0.6) is 11.5 Å². The summed E-state index contributed by atoms with van der Waals surface area (Å²) in [6.45, 7) is 0.506. The van der Waals surface area contributed by atoms with Crippen molar-refractivity contribution >= 4 is 11.9 Å². The quantitative estimate of drug-likeness (QED) is 0.869. The van der Waals surface area contributed by atoms with Crippen molar-refractivity contribution in [3.63, 3.8) is 0 Å².